The fourth-order valence-electron chi connectivity index (χ4n) is 1.66. The zero-order chi connectivity index (χ0) is 15.7. The highest BCUT2D eigenvalue weighted by Crippen LogP contribution is 2.37. The van der Waals surface area contributed by atoms with Gasteiger partial charge < -0.3 is 5.11 Å². The van der Waals surface area contributed by atoms with Crippen molar-refractivity contribution in [3.63, 3.8) is 0 Å². The van der Waals surface area contributed by atoms with Crippen LogP contribution in [0.5, 0.6) is 5.75 Å². The zero-order valence-corrected chi connectivity index (χ0v) is 11.2. The van der Waals surface area contributed by atoms with Gasteiger partial charge in [0.2, 0.25) is 0 Å². The van der Waals surface area contributed by atoms with Crippen molar-refractivity contribution < 1.29 is 26.7 Å². The first-order chi connectivity index (χ1) is 9.70. The minimum Gasteiger partial charge on any atom is -0.508 e. The van der Waals surface area contributed by atoms with Gasteiger partial charge in [0, 0.05) is 0 Å². The number of sulfonamides is 1. The highest BCUT2D eigenvalue weighted by Gasteiger charge is 2.35. The zero-order valence-electron chi connectivity index (χ0n) is 10.4. The molecule has 0 aromatic heterocycles. The van der Waals surface area contributed by atoms with E-state index in [1.54, 1.807) is 6.07 Å². The molecule has 0 fully saturated rings. The molecule has 0 saturated carbocycles. The molecule has 112 valence electrons. The van der Waals surface area contributed by atoms with Gasteiger partial charge in [0.25, 0.3) is 10.0 Å². The van der Waals surface area contributed by atoms with Crippen LogP contribution in [0.25, 0.3) is 0 Å². The summed E-state index contributed by atoms with van der Waals surface area (Å²) in [6, 6.07) is 9.30. The molecule has 0 aliphatic carbocycles. The average molecular weight is 317 g/mol. The Kier molecular flexibility index (Phi) is 3.82. The maximum atomic E-state index is 12.9. The van der Waals surface area contributed by atoms with Crippen molar-refractivity contribution in [1.82, 2.24) is 0 Å². The lowest BCUT2D eigenvalue weighted by molar-refractivity contribution is -0.137. The fraction of sp³-hybridized carbons (Fsp3) is 0.0769. The molecule has 0 saturated heterocycles. The lowest BCUT2D eigenvalue weighted by atomic mass is 10.1. The van der Waals surface area contributed by atoms with Gasteiger partial charge in [-0.05, 0) is 30.3 Å². The average Bonchev–Trinajstić information content (AvgIpc) is 2.40. The van der Waals surface area contributed by atoms with E-state index >= 15 is 0 Å². The van der Waals surface area contributed by atoms with Crippen LogP contribution in [0.2, 0.25) is 0 Å². The molecule has 0 radical (unpaired) electrons. The van der Waals surface area contributed by atoms with Crippen LogP contribution in [0.4, 0.5) is 18.9 Å². The molecule has 0 spiro atoms. The molecule has 0 aliphatic heterocycles. The maximum Gasteiger partial charge on any atom is 0.418 e. The third-order valence-corrected chi connectivity index (χ3v) is 3.99. The highest BCUT2D eigenvalue weighted by atomic mass is 32.2. The summed E-state index contributed by atoms with van der Waals surface area (Å²) in [4.78, 5) is -0.161. The van der Waals surface area contributed by atoms with E-state index in [-0.39, 0.29) is 4.90 Å². The van der Waals surface area contributed by atoms with Gasteiger partial charge >= 0.3 is 6.18 Å². The highest BCUT2D eigenvalue weighted by molar-refractivity contribution is 7.92. The van der Waals surface area contributed by atoms with E-state index in [0.29, 0.717) is 6.07 Å². The first-order valence-corrected chi connectivity index (χ1v) is 7.16. The number of aromatic hydroxyl groups is 1. The Morgan fingerprint density at radius 3 is 2.19 bits per heavy atom. The molecule has 0 bridgehead atoms. The Hall–Kier alpha value is -2.22. The molecule has 0 aliphatic rings. The van der Waals surface area contributed by atoms with E-state index in [0.717, 1.165) is 12.1 Å². The van der Waals surface area contributed by atoms with Crippen molar-refractivity contribution in [1.29, 1.82) is 0 Å². The molecule has 8 heteroatoms. The number of nitrogens with one attached hydrogen (secondary N) is 1. The third kappa shape index (κ3) is 3.46. The number of rotatable bonds is 3. The van der Waals surface area contributed by atoms with Crippen LogP contribution < -0.4 is 4.72 Å². The molecule has 2 N–H and O–H groups in total. The minimum atomic E-state index is -4.80. The Morgan fingerprint density at radius 1 is 1.00 bits per heavy atom. The summed E-state index contributed by atoms with van der Waals surface area (Å²) in [5, 5.41) is 9.14. The molecule has 0 amide bonds. The normalized spacial score (nSPS) is 12.1. The molecule has 0 atom stereocenters. The number of alkyl halides is 3. The van der Waals surface area contributed by atoms with Gasteiger partial charge in [-0.2, -0.15) is 13.2 Å². The second-order valence-corrected chi connectivity index (χ2v) is 5.83. The van der Waals surface area contributed by atoms with E-state index in [1.807, 2.05) is 4.72 Å². The van der Waals surface area contributed by atoms with Crippen LogP contribution in [0.3, 0.4) is 0 Å². The van der Waals surface area contributed by atoms with Crippen molar-refractivity contribution in [2.24, 2.45) is 0 Å². The number of phenolic OH excluding ortho intramolecular Hbond substituents is 1. The number of halogens is 3. The van der Waals surface area contributed by atoms with E-state index in [9.17, 15) is 21.6 Å². The van der Waals surface area contributed by atoms with Gasteiger partial charge in [-0.1, -0.05) is 18.2 Å². The molecule has 2 aromatic rings. The third-order valence-electron chi connectivity index (χ3n) is 2.61. The first-order valence-electron chi connectivity index (χ1n) is 5.68. The van der Waals surface area contributed by atoms with Crippen LogP contribution in [0.1, 0.15) is 5.56 Å². The van der Waals surface area contributed by atoms with Crippen molar-refractivity contribution >= 4 is 15.7 Å². The van der Waals surface area contributed by atoms with Gasteiger partial charge in [-0.3, -0.25) is 4.72 Å². The Labute approximate surface area is 118 Å². The van der Waals surface area contributed by atoms with Crippen molar-refractivity contribution in [2.75, 3.05) is 4.72 Å². The van der Waals surface area contributed by atoms with E-state index in [1.165, 1.54) is 24.3 Å². The van der Waals surface area contributed by atoms with Crippen LogP contribution in [-0.4, -0.2) is 13.5 Å². The summed E-state index contributed by atoms with van der Waals surface area (Å²) < 4.78 is 64.5. The van der Waals surface area contributed by atoms with Gasteiger partial charge in [0.15, 0.2) is 0 Å². The number of anilines is 1. The van der Waals surface area contributed by atoms with Gasteiger partial charge in [0.1, 0.15) is 5.75 Å². The topological polar surface area (TPSA) is 66.4 Å². The monoisotopic (exact) mass is 317 g/mol. The van der Waals surface area contributed by atoms with Crippen molar-refractivity contribution in [2.45, 2.75) is 11.1 Å². The van der Waals surface area contributed by atoms with Gasteiger partial charge in [-0.15, -0.1) is 0 Å². The predicted molar refractivity (Wildman–Crippen MR) is 70.4 cm³/mol. The molecule has 0 heterocycles. The smallest absolute Gasteiger partial charge is 0.418 e. The van der Waals surface area contributed by atoms with Crippen LogP contribution >= 0.6 is 0 Å². The summed E-state index contributed by atoms with van der Waals surface area (Å²) >= 11 is 0. The SMILES string of the molecule is O=S(=O)(Nc1ccc(O)cc1C(F)(F)F)c1ccccc1. The molecule has 4 nitrogen and oxygen atoms in total. The summed E-state index contributed by atoms with van der Waals surface area (Å²) in [7, 11) is -4.14. The van der Waals surface area contributed by atoms with Crippen LogP contribution in [-0.2, 0) is 16.2 Å². The van der Waals surface area contributed by atoms with Gasteiger partial charge in [0.05, 0.1) is 16.1 Å². The minimum absolute atomic E-state index is 0.161. The quantitative estimate of drug-likeness (QED) is 0.854. The summed E-state index contributed by atoms with van der Waals surface area (Å²) in [6.07, 6.45) is -4.80. The standard InChI is InChI=1S/C13H10F3NO3S/c14-13(15,16)11-8-9(18)6-7-12(11)17-21(19,20)10-4-2-1-3-5-10/h1-8,17-18H. The summed E-state index contributed by atoms with van der Waals surface area (Å²) in [5.41, 5.74) is -1.91. The Morgan fingerprint density at radius 2 is 1.62 bits per heavy atom. The maximum absolute atomic E-state index is 12.9. The lowest BCUT2D eigenvalue weighted by Gasteiger charge is -2.15. The summed E-state index contributed by atoms with van der Waals surface area (Å²) in [5.74, 6) is -0.606. The van der Waals surface area contributed by atoms with E-state index < -0.39 is 33.2 Å². The molecular weight excluding hydrogens is 307 g/mol. The Balaban J connectivity index is 2.45. The molecule has 2 rings (SSSR count). The molecule has 0 unspecified atom stereocenters. The molecular formula is C13H10F3NO3S. The predicted octanol–water partition coefficient (Wildman–Crippen LogP) is 3.21. The number of benzene rings is 2. The van der Waals surface area contributed by atoms with E-state index in [2.05, 4.69) is 0 Å². The van der Waals surface area contributed by atoms with Crippen LogP contribution in [0.15, 0.2) is 53.4 Å². The second-order valence-electron chi connectivity index (χ2n) is 4.15. The number of phenols is 1. The van der Waals surface area contributed by atoms with Crippen molar-refractivity contribution in [3.8, 4) is 5.75 Å². The lowest BCUT2D eigenvalue weighted by Crippen LogP contribution is -2.17. The first kappa shape index (κ1) is 15.2. The molecule has 21 heavy (non-hydrogen) atoms. The van der Waals surface area contributed by atoms with Crippen LogP contribution in [0, 0.1) is 0 Å². The fourth-order valence-corrected chi connectivity index (χ4v) is 2.76. The summed E-state index contributed by atoms with van der Waals surface area (Å²) in [6.45, 7) is 0. The Bertz CT molecular complexity index is 743. The number of hydrogen-bond donors (Lipinski definition) is 2. The second kappa shape index (κ2) is 5.28. The number of hydrogen-bond acceptors (Lipinski definition) is 3. The van der Waals surface area contributed by atoms with Crippen molar-refractivity contribution in [3.05, 3.63) is 54.1 Å². The molecule has 2 aromatic carbocycles. The van der Waals surface area contributed by atoms with E-state index in [4.69, 9.17) is 5.11 Å². The van der Waals surface area contributed by atoms with Gasteiger partial charge in [-0.25, -0.2) is 8.42 Å². The largest absolute Gasteiger partial charge is 0.508 e.